The number of primary amides is 1. The maximum Gasteiger partial charge on any atom is 0.416 e. The molecule has 3 N–H and O–H groups in total. The van der Waals surface area contributed by atoms with Gasteiger partial charge in [0.2, 0.25) is 5.91 Å². The number of alkyl halides is 3. The van der Waals surface area contributed by atoms with Gasteiger partial charge in [0.25, 0.3) is 0 Å². The first kappa shape index (κ1) is 19.7. The van der Waals surface area contributed by atoms with Gasteiger partial charge >= 0.3 is 12.2 Å². The molecular formula is C20H20F3N3O2. The van der Waals surface area contributed by atoms with Crippen molar-refractivity contribution >= 4 is 17.6 Å². The zero-order chi connectivity index (χ0) is 20.5. The Bertz CT molecular complexity index is 881. The average molecular weight is 391 g/mol. The van der Waals surface area contributed by atoms with E-state index < -0.39 is 17.6 Å². The molecule has 0 aromatic heterocycles. The van der Waals surface area contributed by atoms with E-state index in [0.29, 0.717) is 24.2 Å². The molecular weight excluding hydrogens is 371 g/mol. The number of benzene rings is 2. The van der Waals surface area contributed by atoms with Crippen LogP contribution in [0.1, 0.15) is 40.9 Å². The molecule has 0 aliphatic carbocycles. The third-order valence-corrected chi connectivity index (χ3v) is 4.79. The van der Waals surface area contributed by atoms with Crippen LogP contribution in [0.2, 0.25) is 0 Å². The average Bonchev–Trinajstić information content (AvgIpc) is 3.03. The molecule has 1 aliphatic rings. The Hall–Kier alpha value is -3.03. The number of carbonyl (C=O) groups excluding carboxylic acids is 2. The highest BCUT2D eigenvalue weighted by atomic mass is 19.4. The number of nitrogens with zero attached hydrogens (tertiary/aromatic N) is 1. The van der Waals surface area contributed by atoms with Gasteiger partial charge in [0.15, 0.2) is 0 Å². The highest BCUT2D eigenvalue weighted by Gasteiger charge is 2.35. The van der Waals surface area contributed by atoms with Gasteiger partial charge < -0.3 is 16.0 Å². The standard InChI is InChI=1S/C20H20F3N3O2/c1-12-9-17(13-5-7-15(8-6-13)20(21,22)23)26(11-12)19(28)25-16-4-2-3-14(10-16)18(24)27/h2-8,10,12,17H,9,11H2,1H3,(H2,24,27)(H,25,28). The van der Waals surface area contributed by atoms with Crippen molar-refractivity contribution in [3.05, 3.63) is 65.2 Å². The van der Waals surface area contributed by atoms with E-state index >= 15 is 0 Å². The predicted molar refractivity (Wildman–Crippen MR) is 98.7 cm³/mol. The Morgan fingerprint density at radius 3 is 2.43 bits per heavy atom. The lowest BCUT2D eigenvalue weighted by Crippen LogP contribution is -2.35. The third-order valence-electron chi connectivity index (χ3n) is 4.79. The number of anilines is 1. The molecule has 0 spiro atoms. The quantitative estimate of drug-likeness (QED) is 0.813. The van der Waals surface area contributed by atoms with E-state index in [1.165, 1.54) is 18.2 Å². The lowest BCUT2D eigenvalue weighted by atomic mass is 10.00. The fourth-order valence-corrected chi connectivity index (χ4v) is 3.43. The summed E-state index contributed by atoms with van der Waals surface area (Å²) in [5.41, 5.74) is 5.88. The Morgan fingerprint density at radius 1 is 1.14 bits per heavy atom. The number of urea groups is 1. The van der Waals surface area contributed by atoms with Crippen LogP contribution in [0.5, 0.6) is 0 Å². The fraction of sp³-hybridized carbons (Fsp3) is 0.300. The van der Waals surface area contributed by atoms with Crippen molar-refractivity contribution in [2.45, 2.75) is 25.6 Å². The predicted octanol–water partition coefficient (Wildman–Crippen LogP) is 4.42. The zero-order valence-corrected chi connectivity index (χ0v) is 15.2. The summed E-state index contributed by atoms with van der Waals surface area (Å²) in [6.07, 6.45) is -3.75. The first-order valence-electron chi connectivity index (χ1n) is 8.80. The molecule has 28 heavy (non-hydrogen) atoms. The van der Waals surface area contributed by atoms with Crippen LogP contribution < -0.4 is 11.1 Å². The second-order valence-electron chi connectivity index (χ2n) is 7.00. The van der Waals surface area contributed by atoms with Crippen LogP contribution in [0, 0.1) is 5.92 Å². The van der Waals surface area contributed by atoms with E-state index in [-0.39, 0.29) is 23.6 Å². The van der Waals surface area contributed by atoms with E-state index in [2.05, 4.69) is 5.32 Å². The van der Waals surface area contributed by atoms with Crippen molar-refractivity contribution in [2.75, 3.05) is 11.9 Å². The van der Waals surface area contributed by atoms with Gasteiger partial charge in [-0.15, -0.1) is 0 Å². The summed E-state index contributed by atoms with van der Waals surface area (Å²) in [6, 6.07) is 10.5. The molecule has 3 rings (SSSR count). The monoisotopic (exact) mass is 391 g/mol. The Morgan fingerprint density at radius 2 is 1.82 bits per heavy atom. The van der Waals surface area contributed by atoms with Crippen LogP contribution in [-0.2, 0) is 6.18 Å². The van der Waals surface area contributed by atoms with E-state index in [1.54, 1.807) is 23.1 Å². The third kappa shape index (κ3) is 4.27. The highest BCUT2D eigenvalue weighted by Crippen LogP contribution is 2.37. The van der Waals surface area contributed by atoms with Crippen molar-refractivity contribution in [3.63, 3.8) is 0 Å². The van der Waals surface area contributed by atoms with Crippen molar-refractivity contribution in [3.8, 4) is 0 Å². The molecule has 2 unspecified atom stereocenters. The molecule has 8 heteroatoms. The maximum atomic E-state index is 12.8. The molecule has 0 radical (unpaired) electrons. The van der Waals surface area contributed by atoms with E-state index in [9.17, 15) is 22.8 Å². The van der Waals surface area contributed by atoms with Crippen LogP contribution in [0.4, 0.5) is 23.7 Å². The summed E-state index contributed by atoms with van der Waals surface area (Å²) in [5, 5.41) is 2.73. The zero-order valence-electron chi connectivity index (χ0n) is 15.2. The van der Waals surface area contributed by atoms with Crippen molar-refractivity contribution in [1.82, 2.24) is 4.90 Å². The Labute approximate surface area is 160 Å². The second-order valence-corrected chi connectivity index (χ2v) is 7.00. The van der Waals surface area contributed by atoms with Crippen molar-refractivity contribution < 1.29 is 22.8 Å². The second kappa shape index (κ2) is 7.53. The number of nitrogens with one attached hydrogen (secondary N) is 1. The van der Waals surface area contributed by atoms with Crippen LogP contribution >= 0.6 is 0 Å². The smallest absolute Gasteiger partial charge is 0.366 e. The largest absolute Gasteiger partial charge is 0.416 e. The topological polar surface area (TPSA) is 75.4 Å². The Kier molecular flexibility index (Phi) is 5.31. The highest BCUT2D eigenvalue weighted by molar-refractivity contribution is 5.96. The molecule has 1 saturated heterocycles. The number of hydrogen-bond donors (Lipinski definition) is 2. The number of carbonyl (C=O) groups is 2. The van der Waals surface area contributed by atoms with Crippen molar-refractivity contribution in [2.24, 2.45) is 11.7 Å². The number of likely N-dealkylation sites (tertiary alicyclic amines) is 1. The van der Waals surface area contributed by atoms with Gasteiger partial charge in [-0.3, -0.25) is 4.79 Å². The molecule has 5 nitrogen and oxygen atoms in total. The fourth-order valence-electron chi connectivity index (χ4n) is 3.43. The number of halogens is 3. The lowest BCUT2D eigenvalue weighted by molar-refractivity contribution is -0.137. The maximum absolute atomic E-state index is 12.8. The van der Waals surface area contributed by atoms with E-state index in [0.717, 1.165) is 12.1 Å². The first-order chi connectivity index (χ1) is 13.1. The number of hydrogen-bond acceptors (Lipinski definition) is 2. The summed E-state index contributed by atoms with van der Waals surface area (Å²) in [5.74, 6) is -0.400. The molecule has 1 aliphatic heterocycles. The van der Waals surface area contributed by atoms with Crippen molar-refractivity contribution in [1.29, 1.82) is 0 Å². The molecule has 2 aromatic rings. The van der Waals surface area contributed by atoms with Gasteiger partial charge in [-0.05, 0) is 48.2 Å². The van der Waals surface area contributed by atoms with Gasteiger partial charge in [-0.1, -0.05) is 25.1 Å². The van der Waals surface area contributed by atoms with Crippen LogP contribution in [0.3, 0.4) is 0 Å². The SMILES string of the molecule is CC1CC(c2ccc(C(F)(F)F)cc2)N(C(=O)Nc2cccc(C(N)=O)c2)C1. The summed E-state index contributed by atoms with van der Waals surface area (Å²) >= 11 is 0. The minimum absolute atomic E-state index is 0.204. The van der Waals surface area contributed by atoms with Gasteiger partial charge in [0.05, 0.1) is 11.6 Å². The minimum atomic E-state index is -4.40. The first-order valence-corrected chi connectivity index (χ1v) is 8.80. The van der Waals surface area contributed by atoms with Crippen LogP contribution in [-0.4, -0.2) is 23.4 Å². The van der Waals surface area contributed by atoms with Gasteiger partial charge in [0.1, 0.15) is 0 Å². The molecule has 2 aromatic carbocycles. The summed E-state index contributed by atoms with van der Waals surface area (Å²) in [4.78, 5) is 25.7. The van der Waals surface area contributed by atoms with Gasteiger partial charge in [-0.2, -0.15) is 13.2 Å². The summed E-state index contributed by atoms with van der Waals surface area (Å²) in [7, 11) is 0. The molecule has 148 valence electrons. The normalized spacial score (nSPS) is 19.5. The minimum Gasteiger partial charge on any atom is -0.366 e. The van der Waals surface area contributed by atoms with Gasteiger partial charge in [0, 0.05) is 17.8 Å². The molecule has 0 saturated carbocycles. The molecule has 2 atom stereocenters. The summed E-state index contributed by atoms with van der Waals surface area (Å²) in [6.45, 7) is 2.46. The molecule has 1 fully saturated rings. The molecule has 0 bridgehead atoms. The van der Waals surface area contributed by atoms with E-state index in [1.807, 2.05) is 6.92 Å². The van der Waals surface area contributed by atoms with Crippen LogP contribution in [0.15, 0.2) is 48.5 Å². The summed E-state index contributed by atoms with van der Waals surface area (Å²) < 4.78 is 38.4. The van der Waals surface area contributed by atoms with Crippen LogP contribution in [0.25, 0.3) is 0 Å². The molecule has 1 heterocycles. The number of rotatable bonds is 3. The van der Waals surface area contributed by atoms with E-state index in [4.69, 9.17) is 5.73 Å². The number of amides is 3. The van der Waals surface area contributed by atoms with Gasteiger partial charge in [-0.25, -0.2) is 4.79 Å². The lowest BCUT2D eigenvalue weighted by Gasteiger charge is -2.25. The Balaban J connectivity index is 1.79. The molecule has 3 amide bonds. The number of nitrogens with two attached hydrogens (primary N) is 1.